The zero-order valence-electron chi connectivity index (χ0n) is 13.0. The maximum atomic E-state index is 12.3. The van der Waals surface area contributed by atoms with Crippen LogP contribution >= 0.6 is 0 Å². The molecule has 0 bridgehead atoms. The second-order valence-electron chi connectivity index (χ2n) is 6.16. The Labute approximate surface area is 135 Å². The van der Waals surface area contributed by atoms with Crippen molar-refractivity contribution in [2.75, 3.05) is 11.9 Å². The van der Waals surface area contributed by atoms with Gasteiger partial charge in [0.05, 0.1) is 13.1 Å². The van der Waals surface area contributed by atoms with E-state index in [1.807, 2.05) is 24.3 Å². The van der Waals surface area contributed by atoms with E-state index in [9.17, 15) is 14.4 Å². The lowest BCUT2D eigenvalue weighted by atomic mass is 9.88. The average Bonchev–Trinajstić information content (AvgIpc) is 2.88. The van der Waals surface area contributed by atoms with Gasteiger partial charge in [0.15, 0.2) is 0 Å². The summed E-state index contributed by atoms with van der Waals surface area (Å²) in [5, 5.41) is 5.45. The smallest absolute Gasteiger partial charge is 0.324 e. The molecule has 1 saturated carbocycles. The molecule has 2 aliphatic rings. The van der Waals surface area contributed by atoms with Crippen molar-refractivity contribution in [2.24, 2.45) is 5.92 Å². The van der Waals surface area contributed by atoms with Crippen LogP contribution in [-0.2, 0) is 16.1 Å². The summed E-state index contributed by atoms with van der Waals surface area (Å²) in [5.41, 5.74) is 1.53. The van der Waals surface area contributed by atoms with Crippen LogP contribution in [0.1, 0.15) is 37.7 Å². The monoisotopic (exact) mass is 315 g/mol. The highest BCUT2D eigenvalue weighted by molar-refractivity contribution is 6.01. The van der Waals surface area contributed by atoms with Crippen LogP contribution < -0.4 is 10.6 Å². The summed E-state index contributed by atoms with van der Waals surface area (Å²) < 4.78 is 0. The molecule has 0 spiro atoms. The molecule has 2 fully saturated rings. The van der Waals surface area contributed by atoms with Crippen LogP contribution in [0, 0.1) is 5.92 Å². The van der Waals surface area contributed by atoms with Gasteiger partial charge in [-0.25, -0.2) is 4.79 Å². The van der Waals surface area contributed by atoms with Crippen molar-refractivity contribution >= 4 is 23.5 Å². The highest BCUT2D eigenvalue weighted by atomic mass is 16.2. The predicted octanol–water partition coefficient (Wildman–Crippen LogP) is 2.26. The highest BCUT2D eigenvalue weighted by Gasteiger charge is 2.28. The number of urea groups is 1. The van der Waals surface area contributed by atoms with Gasteiger partial charge in [0.1, 0.15) is 0 Å². The maximum absolute atomic E-state index is 12.3. The first-order valence-electron chi connectivity index (χ1n) is 8.11. The molecule has 3 rings (SSSR count). The van der Waals surface area contributed by atoms with Crippen LogP contribution in [0.4, 0.5) is 10.5 Å². The van der Waals surface area contributed by atoms with Gasteiger partial charge in [0, 0.05) is 11.6 Å². The number of hydrogen-bond donors (Lipinski definition) is 2. The van der Waals surface area contributed by atoms with Gasteiger partial charge in [-0.15, -0.1) is 0 Å². The Morgan fingerprint density at radius 1 is 1.22 bits per heavy atom. The van der Waals surface area contributed by atoms with E-state index in [0.29, 0.717) is 5.69 Å². The van der Waals surface area contributed by atoms with E-state index in [4.69, 9.17) is 0 Å². The summed E-state index contributed by atoms with van der Waals surface area (Å²) >= 11 is 0. The third-order valence-electron chi connectivity index (χ3n) is 4.45. The quantitative estimate of drug-likeness (QED) is 0.837. The molecule has 23 heavy (non-hydrogen) atoms. The molecule has 6 heteroatoms. The highest BCUT2D eigenvalue weighted by Crippen LogP contribution is 2.25. The van der Waals surface area contributed by atoms with Gasteiger partial charge in [-0.05, 0) is 30.5 Å². The number of nitrogens with zero attached hydrogens (tertiary/aromatic N) is 1. The van der Waals surface area contributed by atoms with Crippen molar-refractivity contribution in [3.05, 3.63) is 29.8 Å². The molecule has 1 aliphatic carbocycles. The molecule has 1 aliphatic heterocycles. The number of carbonyl (C=O) groups excluding carboxylic acids is 3. The van der Waals surface area contributed by atoms with Crippen molar-refractivity contribution in [3.63, 3.8) is 0 Å². The lowest BCUT2D eigenvalue weighted by molar-refractivity contribution is -0.125. The molecule has 4 amide bonds. The molecule has 1 heterocycles. The number of anilines is 1. The fourth-order valence-electron chi connectivity index (χ4n) is 3.15. The van der Waals surface area contributed by atoms with Crippen LogP contribution in [0.2, 0.25) is 0 Å². The summed E-state index contributed by atoms with van der Waals surface area (Å²) in [4.78, 5) is 36.7. The zero-order valence-corrected chi connectivity index (χ0v) is 13.0. The van der Waals surface area contributed by atoms with E-state index in [-0.39, 0.29) is 36.9 Å². The topological polar surface area (TPSA) is 78.5 Å². The standard InChI is InChI=1S/C17H21N3O3/c21-15-10-18-17(23)20(15)11-12-5-4-8-14(9-12)19-16(22)13-6-2-1-3-7-13/h4-5,8-9,13H,1-3,6-7,10-11H2,(H,18,23)(H,19,22). The minimum Gasteiger partial charge on any atom is -0.329 e. The molecule has 122 valence electrons. The first kappa shape index (κ1) is 15.5. The van der Waals surface area contributed by atoms with Gasteiger partial charge in [-0.1, -0.05) is 31.4 Å². The molecular weight excluding hydrogens is 294 g/mol. The van der Waals surface area contributed by atoms with Gasteiger partial charge in [-0.2, -0.15) is 0 Å². The summed E-state index contributed by atoms with van der Waals surface area (Å²) in [6.45, 7) is 0.273. The third kappa shape index (κ3) is 3.70. The van der Waals surface area contributed by atoms with Crippen molar-refractivity contribution < 1.29 is 14.4 Å². The Balaban J connectivity index is 1.64. The Morgan fingerprint density at radius 2 is 2.00 bits per heavy atom. The summed E-state index contributed by atoms with van der Waals surface area (Å²) in [6, 6.07) is 6.95. The van der Waals surface area contributed by atoms with Crippen molar-refractivity contribution in [3.8, 4) is 0 Å². The first-order chi connectivity index (χ1) is 11.1. The lowest BCUT2D eigenvalue weighted by Crippen LogP contribution is -2.30. The number of nitrogens with one attached hydrogen (secondary N) is 2. The maximum Gasteiger partial charge on any atom is 0.324 e. The Morgan fingerprint density at radius 3 is 2.70 bits per heavy atom. The van der Waals surface area contributed by atoms with Gasteiger partial charge in [0.25, 0.3) is 0 Å². The minimum atomic E-state index is -0.369. The van der Waals surface area contributed by atoms with Crippen molar-refractivity contribution in [1.29, 1.82) is 0 Å². The van der Waals surface area contributed by atoms with Crippen molar-refractivity contribution in [1.82, 2.24) is 10.2 Å². The van der Waals surface area contributed by atoms with Crippen LogP contribution in [0.15, 0.2) is 24.3 Å². The van der Waals surface area contributed by atoms with E-state index >= 15 is 0 Å². The predicted molar refractivity (Wildman–Crippen MR) is 85.6 cm³/mol. The SMILES string of the molecule is O=C(Nc1cccc(CN2C(=O)CNC2=O)c1)C1CCCCC1. The van der Waals surface area contributed by atoms with Gasteiger partial charge < -0.3 is 10.6 Å². The molecule has 1 saturated heterocycles. The molecule has 6 nitrogen and oxygen atoms in total. The number of carbonyl (C=O) groups is 3. The van der Waals surface area contributed by atoms with E-state index in [2.05, 4.69) is 10.6 Å². The summed E-state index contributed by atoms with van der Waals surface area (Å²) in [6.07, 6.45) is 5.35. The van der Waals surface area contributed by atoms with Gasteiger partial charge in [0.2, 0.25) is 11.8 Å². The van der Waals surface area contributed by atoms with Crippen LogP contribution in [0.5, 0.6) is 0 Å². The Bertz CT molecular complexity index is 607. The normalized spacial score (nSPS) is 18.9. The zero-order chi connectivity index (χ0) is 16.2. The lowest BCUT2D eigenvalue weighted by Gasteiger charge is -2.21. The second kappa shape index (κ2) is 6.81. The van der Waals surface area contributed by atoms with Crippen LogP contribution in [-0.4, -0.2) is 29.3 Å². The first-order valence-corrected chi connectivity index (χ1v) is 8.11. The van der Waals surface area contributed by atoms with E-state index in [0.717, 1.165) is 31.2 Å². The number of imide groups is 1. The van der Waals surface area contributed by atoms with Gasteiger partial charge >= 0.3 is 6.03 Å². The van der Waals surface area contributed by atoms with Gasteiger partial charge in [-0.3, -0.25) is 14.5 Å². The number of amides is 4. The number of rotatable bonds is 4. The third-order valence-corrected chi connectivity index (χ3v) is 4.45. The molecule has 0 unspecified atom stereocenters. The molecule has 0 radical (unpaired) electrons. The fourth-order valence-corrected chi connectivity index (χ4v) is 3.15. The Kier molecular flexibility index (Phi) is 4.60. The molecule has 1 aromatic rings. The molecule has 2 N–H and O–H groups in total. The fraction of sp³-hybridized carbons (Fsp3) is 0.471. The van der Waals surface area contributed by atoms with Crippen LogP contribution in [0.3, 0.4) is 0 Å². The van der Waals surface area contributed by atoms with Crippen LogP contribution in [0.25, 0.3) is 0 Å². The van der Waals surface area contributed by atoms with E-state index in [1.54, 1.807) is 0 Å². The molecule has 0 atom stereocenters. The van der Waals surface area contributed by atoms with E-state index in [1.165, 1.54) is 11.3 Å². The Hall–Kier alpha value is -2.37. The van der Waals surface area contributed by atoms with Crippen molar-refractivity contribution in [2.45, 2.75) is 38.6 Å². The molecular formula is C17H21N3O3. The minimum absolute atomic E-state index is 0.0525. The average molecular weight is 315 g/mol. The largest absolute Gasteiger partial charge is 0.329 e. The number of hydrogen-bond acceptors (Lipinski definition) is 3. The number of benzene rings is 1. The molecule has 1 aromatic carbocycles. The molecule has 0 aromatic heterocycles. The summed E-state index contributed by atoms with van der Waals surface area (Å²) in [5.74, 6) is -0.0678. The summed E-state index contributed by atoms with van der Waals surface area (Å²) in [7, 11) is 0. The van der Waals surface area contributed by atoms with E-state index < -0.39 is 0 Å². The second-order valence-corrected chi connectivity index (χ2v) is 6.16.